The Kier molecular flexibility index (Phi) is 10.7. The van der Waals surface area contributed by atoms with Gasteiger partial charge in [-0.1, -0.05) is 69.0 Å². The van der Waals surface area contributed by atoms with Crippen LogP contribution in [-0.2, 0) is 12.8 Å². The first-order valence-electron chi connectivity index (χ1n) is 11.1. The van der Waals surface area contributed by atoms with Gasteiger partial charge >= 0.3 is 0 Å². The molecule has 1 saturated carbocycles. The van der Waals surface area contributed by atoms with Crippen LogP contribution in [0.3, 0.4) is 0 Å². The lowest BCUT2D eigenvalue weighted by molar-refractivity contribution is 0.296. The first kappa shape index (κ1) is 21.2. The molecular weight excluding hydrogens is 319 g/mol. The van der Waals surface area contributed by atoms with Crippen LogP contribution >= 0.6 is 0 Å². The summed E-state index contributed by atoms with van der Waals surface area (Å²) >= 11 is 0. The molecule has 0 atom stereocenters. The van der Waals surface area contributed by atoms with Crippen LogP contribution in [0.15, 0.2) is 36.4 Å². The maximum atomic E-state index is 12.2. The lowest BCUT2D eigenvalue weighted by Crippen LogP contribution is -2.13. The zero-order valence-corrected chi connectivity index (χ0v) is 16.9. The summed E-state index contributed by atoms with van der Waals surface area (Å²) < 4.78 is 12.2. The molecule has 0 unspecified atom stereocenters. The third kappa shape index (κ3) is 8.52. The molecule has 0 radical (unpaired) electrons. The van der Waals surface area contributed by atoms with Gasteiger partial charge in [-0.2, -0.15) is 0 Å². The van der Waals surface area contributed by atoms with Gasteiger partial charge in [0, 0.05) is 0 Å². The Morgan fingerprint density at radius 1 is 0.885 bits per heavy atom. The van der Waals surface area contributed by atoms with E-state index in [1.807, 2.05) is 6.08 Å². The zero-order chi connectivity index (χ0) is 18.5. The van der Waals surface area contributed by atoms with Crippen LogP contribution < -0.4 is 0 Å². The quantitative estimate of drug-likeness (QED) is 0.263. The van der Waals surface area contributed by atoms with Gasteiger partial charge in [0.25, 0.3) is 0 Å². The highest BCUT2D eigenvalue weighted by Gasteiger charge is 2.19. The van der Waals surface area contributed by atoms with Crippen molar-refractivity contribution in [1.29, 1.82) is 0 Å². The number of aryl methyl sites for hydroxylation is 2. The largest absolute Gasteiger partial charge is 0.251 e. The Balaban J connectivity index is 1.61. The number of unbranched alkanes of at least 4 members (excludes halogenated alkanes) is 4. The summed E-state index contributed by atoms with van der Waals surface area (Å²) in [5.74, 6) is 1.59. The van der Waals surface area contributed by atoms with Gasteiger partial charge in [-0.3, -0.25) is 4.39 Å². The van der Waals surface area contributed by atoms with Crippen molar-refractivity contribution in [3.63, 3.8) is 0 Å². The van der Waals surface area contributed by atoms with Crippen LogP contribution in [0.2, 0.25) is 0 Å². The summed E-state index contributed by atoms with van der Waals surface area (Å²) in [6.45, 7) is 2.06. The second-order valence-corrected chi connectivity index (χ2v) is 8.21. The molecule has 0 aliphatic heterocycles. The smallest absolute Gasteiger partial charge is 0.0928 e. The highest BCUT2D eigenvalue weighted by molar-refractivity contribution is 5.22. The van der Waals surface area contributed by atoms with Gasteiger partial charge in [-0.15, -0.1) is 0 Å². The van der Waals surface area contributed by atoms with Gasteiger partial charge < -0.3 is 0 Å². The Labute approximate surface area is 161 Å². The fraction of sp³-hybridized carbons (Fsp3) is 0.680. The molecule has 146 valence electrons. The summed E-state index contributed by atoms with van der Waals surface area (Å²) in [4.78, 5) is 0. The number of hydrogen-bond acceptors (Lipinski definition) is 0. The fourth-order valence-electron chi connectivity index (χ4n) is 4.20. The molecule has 1 aromatic rings. The molecular formula is C25H39F. The van der Waals surface area contributed by atoms with Crippen LogP contribution in [0, 0.1) is 11.8 Å². The molecule has 2 rings (SSSR count). The average Bonchev–Trinajstić information content (AvgIpc) is 2.68. The van der Waals surface area contributed by atoms with Crippen LogP contribution in [0.25, 0.3) is 0 Å². The SMILES string of the molecule is CCCCCCCc1ccc(CC[C@H]2CC[C@H](/C=C/CCF)CC2)cc1. The normalized spacial score (nSPS) is 20.7. The van der Waals surface area contributed by atoms with Crippen molar-refractivity contribution in [3.05, 3.63) is 47.5 Å². The zero-order valence-electron chi connectivity index (χ0n) is 16.9. The minimum absolute atomic E-state index is 0.219. The lowest BCUT2D eigenvalue weighted by Gasteiger charge is -2.26. The van der Waals surface area contributed by atoms with Crippen molar-refractivity contribution in [2.24, 2.45) is 11.8 Å². The van der Waals surface area contributed by atoms with E-state index in [1.165, 1.54) is 88.2 Å². The number of benzene rings is 1. The average molecular weight is 359 g/mol. The van der Waals surface area contributed by atoms with Crippen LogP contribution in [0.5, 0.6) is 0 Å². The standard InChI is InChI=1S/C25H39F/c1-2-3-4-5-6-9-22-11-15-24(16-12-22)19-20-25-17-13-23(14-18-25)10-7-8-21-26/h7,10-12,15-16,23,25H,2-6,8-9,13-14,17-21H2,1H3/b10-7+/t23-,25-. The van der Waals surface area contributed by atoms with E-state index < -0.39 is 0 Å². The molecule has 0 saturated heterocycles. The van der Waals surface area contributed by atoms with Gasteiger partial charge in [0.05, 0.1) is 6.67 Å². The van der Waals surface area contributed by atoms with E-state index in [2.05, 4.69) is 37.3 Å². The molecule has 0 bridgehead atoms. The van der Waals surface area contributed by atoms with Crippen LogP contribution in [0.1, 0.15) is 88.7 Å². The predicted molar refractivity (Wildman–Crippen MR) is 112 cm³/mol. The maximum Gasteiger partial charge on any atom is 0.0928 e. The lowest BCUT2D eigenvalue weighted by atomic mass is 9.79. The van der Waals surface area contributed by atoms with Crippen molar-refractivity contribution < 1.29 is 4.39 Å². The van der Waals surface area contributed by atoms with Gasteiger partial charge in [0.1, 0.15) is 0 Å². The summed E-state index contributed by atoms with van der Waals surface area (Å²) in [5, 5.41) is 0. The highest BCUT2D eigenvalue weighted by Crippen LogP contribution is 2.32. The topological polar surface area (TPSA) is 0 Å². The number of allylic oxidation sites excluding steroid dienone is 2. The van der Waals surface area contributed by atoms with E-state index in [9.17, 15) is 4.39 Å². The first-order valence-corrected chi connectivity index (χ1v) is 11.1. The van der Waals surface area contributed by atoms with E-state index >= 15 is 0 Å². The third-order valence-electron chi connectivity index (χ3n) is 6.01. The molecule has 1 aliphatic carbocycles. The highest BCUT2D eigenvalue weighted by atomic mass is 19.1. The van der Waals surface area contributed by atoms with E-state index in [-0.39, 0.29) is 6.67 Å². The number of rotatable bonds is 12. The fourth-order valence-corrected chi connectivity index (χ4v) is 4.20. The molecule has 0 spiro atoms. The van der Waals surface area contributed by atoms with Crippen LogP contribution in [-0.4, -0.2) is 6.67 Å². The molecule has 1 fully saturated rings. The van der Waals surface area contributed by atoms with Gasteiger partial charge in [-0.05, 0) is 80.8 Å². The van der Waals surface area contributed by atoms with E-state index in [1.54, 1.807) is 0 Å². The molecule has 0 N–H and O–H groups in total. The summed E-state index contributed by atoms with van der Waals surface area (Å²) in [5.41, 5.74) is 3.01. The molecule has 0 heterocycles. The molecule has 0 nitrogen and oxygen atoms in total. The number of alkyl halides is 1. The van der Waals surface area contributed by atoms with Crippen molar-refractivity contribution in [1.82, 2.24) is 0 Å². The summed E-state index contributed by atoms with van der Waals surface area (Å²) in [6, 6.07) is 9.41. The maximum absolute atomic E-state index is 12.2. The number of hydrogen-bond donors (Lipinski definition) is 0. The van der Waals surface area contributed by atoms with Gasteiger partial charge in [-0.25, -0.2) is 0 Å². The van der Waals surface area contributed by atoms with Gasteiger partial charge in [0.15, 0.2) is 0 Å². The third-order valence-corrected chi connectivity index (χ3v) is 6.01. The van der Waals surface area contributed by atoms with Crippen molar-refractivity contribution in [2.75, 3.05) is 6.67 Å². The Morgan fingerprint density at radius 2 is 1.54 bits per heavy atom. The van der Waals surface area contributed by atoms with Crippen molar-refractivity contribution >= 4 is 0 Å². The second kappa shape index (κ2) is 13.1. The molecule has 1 aliphatic rings. The predicted octanol–water partition coefficient (Wildman–Crippen LogP) is 7.85. The minimum Gasteiger partial charge on any atom is -0.251 e. The Hall–Kier alpha value is -1.11. The monoisotopic (exact) mass is 358 g/mol. The minimum atomic E-state index is -0.219. The Bertz CT molecular complexity index is 479. The summed E-state index contributed by atoms with van der Waals surface area (Å²) in [6.07, 6.45) is 20.8. The Morgan fingerprint density at radius 3 is 2.19 bits per heavy atom. The van der Waals surface area contributed by atoms with E-state index in [0.717, 1.165) is 5.92 Å². The molecule has 0 amide bonds. The molecule has 1 aromatic carbocycles. The van der Waals surface area contributed by atoms with Crippen molar-refractivity contribution in [2.45, 2.75) is 90.4 Å². The molecule has 26 heavy (non-hydrogen) atoms. The second-order valence-electron chi connectivity index (χ2n) is 8.21. The van der Waals surface area contributed by atoms with E-state index in [4.69, 9.17) is 0 Å². The molecule has 1 heteroatoms. The number of halogens is 1. The summed E-state index contributed by atoms with van der Waals surface area (Å²) in [7, 11) is 0. The first-order chi connectivity index (χ1) is 12.8. The van der Waals surface area contributed by atoms with Crippen molar-refractivity contribution in [3.8, 4) is 0 Å². The van der Waals surface area contributed by atoms with Crippen LogP contribution in [0.4, 0.5) is 4.39 Å². The van der Waals surface area contributed by atoms with E-state index in [0.29, 0.717) is 12.3 Å². The van der Waals surface area contributed by atoms with Gasteiger partial charge in [0.2, 0.25) is 0 Å². The molecule has 0 aromatic heterocycles.